The fraction of sp³-hybridized carbons (Fsp3) is 0.250. The largest absolute Gasteiger partial charge is 0.492 e. The number of halogens is 1. The van der Waals surface area contributed by atoms with Gasteiger partial charge in [-0.05, 0) is 24.3 Å². The molecular weight excluding hydrogens is 468 g/mol. The lowest BCUT2D eigenvalue weighted by Crippen LogP contribution is -2.38. The fourth-order valence-electron chi connectivity index (χ4n) is 4.23. The summed E-state index contributed by atoms with van der Waals surface area (Å²) in [6.45, 7) is 4.85. The van der Waals surface area contributed by atoms with Crippen LogP contribution in [0.25, 0.3) is 27.9 Å². The minimum Gasteiger partial charge on any atom is -0.492 e. The second kappa shape index (κ2) is 9.49. The van der Waals surface area contributed by atoms with E-state index in [9.17, 15) is 0 Å². The van der Waals surface area contributed by atoms with E-state index < -0.39 is 0 Å². The van der Waals surface area contributed by atoms with Crippen molar-refractivity contribution < 1.29 is 9.47 Å². The number of imidazole rings is 1. The highest BCUT2D eigenvalue weighted by Crippen LogP contribution is 2.33. The zero-order chi connectivity index (χ0) is 23.6. The lowest BCUT2D eigenvalue weighted by atomic mass is 10.1. The van der Waals surface area contributed by atoms with Gasteiger partial charge in [0.1, 0.15) is 29.7 Å². The Bertz CT molecular complexity index is 1460. The van der Waals surface area contributed by atoms with E-state index in [4.69, 9.17) is 26.1 Å². The number of fused-ring (bicyclic) bond motifs is 3. The van der Waals surface area contributed by atoms with E-state index in [0.29, 0.717) is 29.0 Å². The van der Waals surface area contributed by atoms with Crippen molar-refractivity contribution in [2.24, 2.45) is 0 Å². The molecule has 1 saturated heterocycles. The summed E-state index contributed by atoms with van der Waals surface area (Å²) in [5.41, 5.74) is 4.02. The van der Waals surface area contributed by atoms with Crippen molar-refractivity contribution in [1.82, 2.24) is 34.4 Å². The number of ether oxygens (including phenoxy) is 2. The van der Waals surface area contributed by atoms with Crippen LogP contribution in [0, 0.1) is 0 Å². The number of nitrogens with one attached hydrogen (secondary N) is 2. The number of hydrogen-bond donors (Lipinski definition) is 2. The van der Waals surface area contributed by atoms with Gasteiger partial charge in [-0.3, -0.25) is 14.4 Å². The maximum absolute atomic E-state index is 6.54. The third kappa shape index (κ3) is 4.39. The Balaban J connectivity index is 1.31. The van der Waals surface area contributed by atoms with Crippen LogP contribution in [-0.2, 0) is 4.74 Å². The van der Waals surface area contributed by atoms with Crippen LogP contribution in [0.4, 0.5) is 11.5 Å². The van der Waals surface area contributed by atoms with Gasteiger partial charge in [0.2, 0.25) is 0 Å². The molecular formula is C24H23ClN8O2. The fourth-order valence-corrected chi connectivity index (χ4v) is 4.39. The van der Waals surface area contributed by atoms with E-state index in [1.54, 1.807) is 12.5 Å². The molecule has 0 unspecified atom stereocenters. The quantitative estimate of drug-likeness (QED) is 0.355. The first kappa shape index (κ1) is 21.8. The Kier molecular flexibility index (Phi) is 5.91. The number of para-hydroxylation sites is 1. The van der Waals surface area contributed by atoms with E-state index in [2.05, 4.69) is 30.4 Å². The standard InChI is InChI=1S/C24H23ClN8O2/c25-18-5-4-16(35-11-8-32-6-9-34-10-7-32)12-19(18)29-24-21-13-26-15-33(21)20-3-1-2-17(22(20)30-24)23-27-14-28-31-23/h1-5,12-15H,6-11H2,(H,29,30)(H,27,28,31). The van der Waals surface area contributed by atoms with Crippen molar-refractivity contribution in [1.29, 1.82) is 0 Å². The van der Waals surface area contributed by atoms with Gasteiger partial charge in [0.05, 0.1) is 42.0 Å². The highest BCUT2D eigenvalue weighted by Gasteiger charge is 2.16. The molecule has 1 fully saturated rings. The molecule has 2 N–H and O–H groups in total. The normalized spacial score (nSPS) is 14.5. The van der Waals surface area contributed by atoms with Gasteiger partial charge in [0.15, 0.2) is 11.6 Å². The maximum atomic E-state index is 6.54. The molecule has 0 saturated carbocycles. The molecule has 1 aliphatic heterocycles. The molecule has 2 aromatic carbocycles. The molecule has 0 bridgehead atoms. The molecule has 5 aromatic rings. The minimum atomic E-state index is 0.564. The van der Waals surface area contributed by atoms with Gasteiger partial charge < -0.3 is 14.8 Å². The maximum Gasteiger partial charge on any atom is 0.157 e. The highest BCUT2D eigenvalue weighted by molar-refractivity contribution is 6.33. The summed E-state index contributed by atoms with van der Waals surface area (Å²) < 4.78 is 13.4. The molecule has 35 heavy (non-hydrogen) atoms. The van der Waals surface area contributed by atoms with Gasteiger partial charge in [-0.2, -0.15) is 5.10 Å². The summed E-state index contributed by atoms with van der Waals surface area (Å²) in [6, 6.07) is 11.5. The molecule has 3 aromatic heterocycles. The van der Waals surface area contributed by atoms with E-state index in [-0.39, 0.29) is 0 Å². The average Bonchev–Trinajstić information content (AvgIpc) is 3.59. The van der Waals surface area contributed by atoms with Crippen LogP contribution < -0.4 is 10.1 Å². The molecule has 0 amide bonds. The monoisotopic (exact) mass is 490 g/mol. The molecule has 0 aliphatic carbocycles. The molecule has 4 heterocycles. The number of H-pyrrole nitrogens is 1. The van der Waals surface area contributed by atoms with Crippen LogP contribution in [0.5, 0.6) is 5.75 Å². The first-order valence-corrected chi connectivity index (χ1v) is 11.7. The Labute approximate surface area is 205 Å². The summed E-state index contributed by atoms with van der Waals surface area (Å²) in [7, 11) is 0. The molecule has 11 heteroatoms. The highest BCUT2D eigenvalue weighted by atomic mass is 35.5. The lowest BCUT2D eigenvalue weighted by Gasteiger charge is -2.26. The number of nitrogens with zero attached hydrogens (tertiary/aromatic N) is 6. The number of aromatic amines is 1. The van der Waals surface area contributed by atoms with Crippen molar-refractivity contribution in [3.05, 3.63) is 60.3 Å². The smallest absolute Gasteiger partial charge is 0.157 e. The predicted octanol–water partition coefficient (Wildman–Crippen LogP) is 3.78. The number of aromatic nitrogens is 6. The summed E-state index contributed by atoms with van der Waals surface area (Å²) in [4.78, 5) is 15.9. The molecule has 178 valence electrons. The average molecular weight is 491 g/mol. The summed E-state index contributed by atoms with van der Waals surface area (Å²) >= 11 is 6.54. The topological polar surface area (TPSA) is 105 Å². The predicted molar refractivity (Wildman–Crippen MR) is 133 cm³/mol. The van der Waals surface area contributed by atoms with E-state index in [1.807, 2.05) is 40.8 Å². The molecule has 0 radical (unpaired) electrons. The molecule has 0 spiro atoms. The van der Waals surface area contributed by atoms with Crippen LogP contribution >= 0.6 is 11.6 Å². The SMILES string of the molecule is Clc1ccc(OCCN2CCOCC2)cc1Nc1nc2c(-c3ncn[nH]3)cccc2n2cncc12. The number of hydrogen-bond acceptors (Lipinski definition) is 8. The van der Waals surface area contributed by atoms with Crippen molar-refractivity contribution in [3.8, 4) is 17.1 Å². The number of anilines is 2. The summed E-state index contributed by atoms with van der Waals surface area (Å²) in [5.74, 6) is 1.99. The molecule has 0 atom stereocenters. The summed E-state index contributed by atoms with van der Waals surface area (Å²) in [5, 5.41) is 10.9. The third-order valence-electron chi connectivity index (χ3n) is 6.02. The van der Waals surface area contributed by atoms with E-state index in [1.165, 1.54) is 6.33 Å². The summed E-state index contributed by atoms with van der Waals surface area (Å²) in [6.07, 6.45) is 5.02. The minimum absolute atomic E-state index is 0.564. The van der Waals surface area contributed by atoms with Crippen molar-refractivity contribution in [2.75, 3.05) is 44.8 Å². The van der Waals surface area contributed by atoms with Gasteiger partial charge >= 0.3 is 0 Å². The van der Waals surface area contributed by atoms with Gasteiger partial charge in [-0.25, -0.2) is 15.0 Å². The van der Waals surface area contributed by atoms with Crippen LogP contribution in [-0.4, -0.2) is 73.9 Å². The van der Waals surface area contributed by atoms with Crippen LogP contribution in [0.3, 0.4) is 0 Å². The van der Waals surface area contributed by atoms with Crippen molar-refractivity contribution in [2.45, 2.75) is 0 Å². The second-order valence-electron chi connectivity index (χ2n) is 8.19. The van der Waals surface area contributed by atoms with Gasteiger partial charge in [-0.1, -0.05) is 17.7 Å². The van der Waals surface area contributed by atoms with Gasteiger partial charge in [-0.15, -0.1) is 0 Å². The van der Waals surface area contributed by atoms with Crippen LogP contribution in [0.2, 0.25) is 5.02 Å². The van der Waals surface area contributed by atoms with Crippen molar-refractivity contribution >= 4 is 39.7 Å². The van der Waals surface area contributed by atoms with Gasteiger partial charge in [0.25, 0.3) is 0 Å². The molecule has 6 rings (SSSR count). The molecule has 10 nitrogen and oxygen atoms in total. The van der Waals surface area contributed by atoms with E-state index >= 15 is 0 Å². The Morgan fingerprint density at radius 3 is 2.91 bits per heavy atom. The number of rotatable bonds is 7. The Morgan fingerprint density at radius 2 is 2.06 bits per heavy atom. The zero-order valence-corrected chi connectivity index (χ0v) is 19.6. The second-order valence-corrected chi connectivity index (χ2v) is 8.59. The number of morpholine rings is 1. The first-order valence-electron chi connectivity index (χ1n) is 11.4. The Hall–Kier alpha value is -3.73. The van der Waals surface area contributed by atoms with Crippen LogP contribution in [0.1, 0.15) is 0 Å². The lowest BCUT2D eigenvalue weighted by molar-refractivity contribution is 0.0322. The Morgan fingerprint density at radius 1 is 1.14 bits per heavy atom. The molecule has 1 aliphatic rings. The van der Waals surface area contributed by atoms with E-state index in [0.717, 1.165) is 60.7 Å². The zero-order valence-electron chi connectivity index (χ0n) is 18.8. The van der Waals surface area contributed by atoms with Crippen molar-refractivity contribution in [3.63, 3.8) is 0 Å². The third-order valence-corrected chi connectivity index (χ3v) is 6.35. The number of benzene rings is 2. The van der Waals surface area contributed by atoms with Crippen LogP contribution in [0.15, 0.2) is 55.2 Å². The first-order chi connectivity index (χ1) is 17.3. The van der Waals surface area contributed by atoms with Gasteiger partial charge in [0, 0.05) is 31.3 Å².